The Kier molecular flexibility index (Phi) is 6.99. The van der Waals surface area contributed by atoms with Crippen molar-refractivity contribution < 1.29 is 22.5 Å². The zero-order valence-electron chi connectivity index (χ0n) is 15.1. The number of nitrogens with one attached hydrogen (secondary N) is 1. The third kappa shape index (κ3) is 5.47. The molecule has 30 heavy (non-hydrogen) atoms. The summed E-state index contributed by atoms with van der Waals surface area (Å²) in [5.74, 6) is -0.619. The lowest BCUT2D eigenvalue weighted by Crippen LogP contribution is -2.33. The van der Waals surface area contributed by atoms with Gasteiger partial charge in [0.2, 0.25) is 5.96 Å². The molecule has 2 aromatic rings. The Morgan fingerprint density at radius 1 is 1.17 bits per heavy atom. The third-order valence-corrected chi connectivity index (χ3v) is 4.92. The summed E-state index contributed by atoms with van der Waals surface area (Å²) in [5.41, 5.74) is 6.04. The molecule has 0 unspecified atom stereocenters. The summed E-state index contributed by atoms with van der Waals surface area (Å²) in [6, 6.07) is 7.72. The van der Waals surface area contributed by atoms with Crippen LogP contribution in [0.1, 0.15) is 11.1 Å². The number of hydrogen-bond donors (Lipinski definition) is 2. The van der Waals surface area contributed by atoms with Crippen molar-refractivity contribution in [1.29, 1.82) is 0 Å². The summed E-state index contributed by atoms with van der Waals surface area (Å²) < 4.78 is 28.6. The number of nitrogens with zero attached hydrogens (tertiary/aromatic N) is 4. The fourth-order valence-electron chi connectivity index (χ4n) is 2.05. The van der Waals surface area contributed by atoms with Crippen LogP contribution in [0.4, 0.5) is 11.4 Å². The van der Waals surface area contributed by atoms with E-state index in [0.29, 0.717) is 0 Å². The first kappa shape index (κ1) is 22.7. The Bertz CT molecular complexity index is 1150. The van der Waals surface area contributed by atoms with Gasteiger partial charge in [0, 0.05) is 6.07 Å². The Hall–Kier alpha value is -3.62. The van der Waals surface area contributed by atoms with Crippen LogP contribution in [-0.2, 0) is 14.4 Å². The van der Waals surface area contributed by atoms with E-state index in [1.165, 1.54) is 12.1 Å². The molecule has 0 aliphatic rings. The molecule has 0 fully saturated rings. The Morgan fingerprint density at radius 3 is 2.37 bits per heavy atom. The van der Waals surface area contributed by atoms with Crippen molar-refractivity contribution >= 4 is 45.3 Å². The second-order valence-corrected chi connectivity index (χ2v) is 7.48. The van der Waals surface area contributed by atoms with Gasteiger partial charge in [0.15, 0.2) is 0 Å². The topological polar surface area (TPSA) is 192 Å². The first-order valence-corrected chi connectivity index (χ1v) is 9.55. The van der Waals surface area contributed by atoms with Crippen molar-refractivity contribution in [2.24, 2.45) is 15.9 Å². The van der Waals surface area contributed by atoms with Crippen LogP contribution in [0.3, 0.4) is 0 Å². The van der Waals surface area contributed by atoms with Crippen LogP contribution in [0.5, 0.6) is 0 Å². The van der Waals surface area contributed by atoms with Gasteiger partial charge in [0.25, 0.3) is 0 Å². The van der Waals surface area contributed by atoms with E-state index < -0.39 is 37.3 Å². The number of nitro groups is 2. The van der Waals surface area contributed by atoms with E-state index in [-0.39, 0.29) is 15.5 Å². The number of hydrogen-bond acceptors (Lipinski definition) is 9. The first-order valence-electron chi connectivity index (χ1n) is 7.77. The smallest absolute Gasteiger partial charge is 0.356 e. The summed E-state index contributed by atoms with van der Waals surface area (Å²) in [5, 5.41) is 28.7. The van der Waals surface area contributed by atoms with Crippen molar-refractivity contribution in [3.8, 4) is 0 Å². The molecule has 2 aromatic carbocycles. The molecule has 158 valence electrons. The highest BCUT2D eigenvalue weighted by molar-refractivity contribution is 7.86. The maximum atomic E-state index is 12.0. The monoisotopic (exact) mass is 456 g/mol. The molecule has 3 N–H and O–H groups in total. The van der Waals surface area contributed by atoms with Gasteiger partial charge >= 0.3 is 21.5 Å². The SMILES string of the molecule is Cc1ccc(S(=O)(=O)ONC(N)=NN=Cc2c(Cl)ccc([N+](=O)[O-])c2[N+](=O)[O-])cc1. The fourth-order valence-corrected chi connectivity index (χ4v) is 3.02. The molecule has 0 aliphatic heterocycles. The molecule has 15 heteroatoms. The highest BCUT2D eigenvalue weighted by Gasteiger charge is 2.29. The fraction of sp³-hybridized carbons (Fsp3) is 0.0667. The summed E-state index contributed by atoms with van der Waals surface area (Å²) in [7, 11) is -4.20. The number of nitrogens with two attached hydrogens (primary N) is 1. The van der Waals surface area contributed by atoms with E-state index in [4.69, 9.17) is 17.3 Å². The van der Waals surface area contributed by atoms with Gasteiger partial charge in [-0.3, -0.25) is 20.2 Å². The average molecular weight is 457 g/mol. The first-order chi connectivity index (χ1) is 14.0. The quantitative estimate of drug-likeness (QED) is 0.271. The van der Waals surface area contributed by atoms with Gasteiger partial charge in [-0.15, -0.1) is 9.39 Å². The van der Waals surface area contributed by atoms with E-state index in [0.717, 1.165) is 23.9 Å². The van der Waals surface area contributed by atoms with Crippen molar-refractivity contribution in [2.45, 2.75) is 11.8 Å². The predicted octanol–water partition coefficient (Wildman–Crippen LogP) is 2.02. The lowest BCUT2D eigenvalue weighted by molar-refractivity contribution is -0.422. The molecule has 0 aromatic heterocycles. The van der Waals surface area contributed by atoms with Crippen LogP contribution < -0.4 is 11.2 Å². The molecule has 0 atom stereocenters. The van der Waals surface area contributed by atoms with Crippen LogP contribution in [0.15, 0.2) is 51.5 Å². The summed E-state index contributed by atoms with van der Waals surface area (Å²) >= 11 is 5.85. The molecule has 0 heterocycles. The normalized spacial score (nSPS) is 12.1. The Morgan fingerprint density at radius 2 is 1.80 bits per heavy atom. The largest absolute Gasteiger partial charge is 0.367 e. The van der Waals surface area contributed by atoms with Crippen molar-refractivity contribution in [3.63, 3.8) is 0 Å². The highest BCUT2D eigenvalue weighted by atomic mass is 35.5. The number of benzene rings is 2. The molecule has 0 saturated carbocycles. The second-order valence-electron chi connectivity index (χ2n) is 5.53. The minimum absolute atomic E-state index is 0.143. The zero-order valence-corrected chi connectivity index (χ0v) is 16.6. The number of halogens is 1. The summed E-state index contributed by atoms with van der Waals surface area (Å²) in [6.07, 6.45) is 0.760. The molecule has 13 nitrogen and oxygen atoms in total. The van der Waals surface area contributed by atoms with Gasteiger partial charge < -0.3 is 5.73 Å². The van der Waals surface area contributed by atoms with Crippen LogP contribution in [-0.4, -0.2) is 30.4 Å². The Labute approximate surface area is 174 Å². The minimum Gasteiger partial charge on any atom is -0.367 e. The van der Waals surface area contributed by atoms with E-state index >= 15 is 0 Å². The molecule has 0 bridgehead atoms. The molecule has 0 aliphatic carbocycles. The summed E-state index contributed by atoms with van der Waals surface area (Å²) in [4.78, 5) is 20.1. The van der Waals surface area contributed by atoms with Crippen LogP contribution in [0.2, 0.25) is 5.02 Å². The second kappa shape index (κ2) is 9.25. The molecule has 0 radical (unpaired) electrons. The van der Waals surface area contributed by atoms with Crippen LogP contribution in [0.25, 0.3) is 0 Å². The zero-order chi connectivity index (χ0) is 22.5. The van der Waals surface area contributed by atoms with Gasteiger partial charge in [-0.25, -0.2) is 5.48 Å². The van der Waals surface area contributed by atoms with E-state index in [9.17, 15) is 28.6 Å². The number of hydroxylamine groups is 1. The highest BCUT2D eigenvalue weighted by Crippen LogP contribution is 2.34. The van der Waals surface area contributed by atoms with Crippen LogP contribution >= 0.6 is 11.6 Å². The maximum absolute atomic E-state index is 12.0. The molecule has 0 amide bonds. The lowest BCUT2D eigenvalue weighted by Gasteiger charge is -2.06. The molecule has 2 rings (SSSR count). The van der Waals surface area contributed by atoms with E-state index in [1.54, 1.807) is 19.1 Å². The molecular weight excluding hydrogens is 444 g/mol. The third-order valence-electron chi connectivity index (χ3n) is 3.44. The molecule has 0 saturated heterocycles. The predicted molar refractivity (Wildman–Crippen MR) is 107 cm³/mol. The molecular formula is C15H13ClN6O7S. The average Bonchev–Trinajstić information content (AvgIpc) is 2.67. The van der Waals surface area contributed by atoms with E-state index in [2.05, 4.69) is 14.5 Å². The molecule has 0 spiro atoms. The van der Waals surface area contributed by atoms with Gasteiger partial charge in [-0.2, -0.15) is 13.5 Å². The Balaban J connectivity index is 2.19. The van der Waals surface area contributed by atoms with Gasteiger partial charge in [0.1, 0.15) is 0 Å². The number of rotatable bonds is 7. The van der Waals surface area contributed by atoms with Gasteiger partial charge in [-0.1, -0.05) is 29.3 Å². The van der Waals surface area contributed by atoms with Crippen LogP contribution in [0, 0.1) is 27.2 Å². The standard InChI is InChI=1S/C15H13ClN6O7S/c1-9-2-4-10(5-3-9)30(27,28)29-20-15(17)19-18-8-11-12(16)6-7-13(21(23)24)14(11)22(25)26/h2-8H,1H3,(H3,17,19,20). The van der Waals surface area contributed by atoms with Crippen molar-refractivity contribution in [1.82, 2.24) is 5.48 Å². The lowest BCUT2D eigenvalue weighted by atomic mass is 10.1. The number of nitro benzene ring substituents is 2. The van der Waals surface area contributed by atoms with Gasteiger partial charge in [0.05, 0.1) is 31.5 Å². The summed E-state index contributed by atoms with van der Waals surface area (Å²) in [6.45, 7) is 1.77. The van der Waals surface area contributed by atoms with Gasteiger partial charge in [-0.05, 0) is 25.1 Å². The maximum Gasteiger partial charge on any atom is 0.356 e. The van der Waals surface area contributed by atoms with Crippen molar-refractivity contribution in [3.05, 3.63) is 72.8 Å². The minimum atomic E-state index is -4.20. The van der Waals surface area contributed by atoms with E-state index in [1.807, 2.05) is 5.48 Å². The number of aryl methyl sites for hydroxylation is 1. The van der Waals surface area contributed by atoms with Crippen molar-refractivity contribution in [2.75, 3.05) is 0 Å². The number of guanidine groups is 1.